The number of carbonyl (C=O) groups is 2. The number of hydrogen-bond donors (Lipinski definition) is 3. The van der Waals surface area contributed by atoms with Crippen LogP contribution >= 0.6 is 11.6 Å². The number of urea groups is 1. The first-order valence-electron chi connectivity index (χ1n) is 10.0. The number of nitrogens with zero attached hydrogens (tertiary/aromatic N) is 1. The van der Waals surface area contributed by atoms with Crippen molar-refractivity contribution < 1.29 is 14.7 Å². The standard InChI is InChI=1S/C24H24ClN3O4/c1-15-7-9-17(10-8-15)20(13-21(29)30)26-24(32)27-22-16(2)11-12-28(23(22)31)14-18-5-3-4-6-19(18)25/h3-12,20H,13-14H2,1-2H3,(H,29,30)(H2,26,27,32). The molecule has 1 unspecified atom stereocenters. The maximum atomic E-state index is 13.0. The molecule has 0 saturated heterocycles. The van der Waals surface area contributed by atoms with E-state index in [2.05, 4.69) is 10.6 Å². The first kappa shape index (κ1) is 23.1. The van der Waals surface area contributed by atoms with Crippen LogP contribution in [0.4, 0.5) is 10.5 Å². The Morgan fingerprint density at radius 2 is 1.75 bits per heavy atom. The van der Waals surface area contributed by atoms with Crippen LogP contribution in [-0.4, -0.2) is 21.7 Å². The zero-order valence-corrected chi connectivity index (χ0v) is 18.5. The molecule has 0 aliphatic rings. The number of aromatic nitrogens is 1. The number of rotatable bonds is 7. The number of pyridine rings is 1. The van der Waals surface area contributed by atoms with Gasteiger partial charge in [0.1, 0.15) is 5.69 Å². The van der Waals surface area contributed by atoms with Crippen LogP contribution in [0.3, 0.4) is 0 Å². The molecule has 3 aromatic rings. The van der Waals surface area contributed by atoms with Crippen molar-refractivity contribution in [1.82, 2.24) is 9.88 Å². The van der Waals surface area contributed by atoms with E-state index in [4.69, 9.17) is 11.6 Å². The fourth-order valence-electron chi connectivity index (χ4n) is 3.29. The van der Waals surface area contributed by atoms with Gasteiger partial charge in [0.2, 0.25) is 0 Å². The number of benzene rings is 2. The van der Waals surface area contributed by atoms with Crippen LogP contribution in [0.25, 0.3) is 0 Å². The first-order valence-corrected chi connectivity index (χ1v) is 10.4. The minimum absolute atomic E-state index is 0.120. The molecule has 0 radical (unpaired) electrons. The third-order valence-corrected chi connectivity index (χ3v) is 5.44. The summed E-state index contributed by atoms with van der Waals surface area (Å²) in [6.07, 6.45) is 1.35. The van der Waals surface area contributed by atoms with E-state index in [1.807, 2.05) is 37.3 Å². The van der Waals surface area contributed by atoms with Crippen molar-refractivity contribution in [1.29, 1.82) is 0 Å². The van der Waals surface area contributed by atoms with E-state index in [-0.39, 0.29) is 24.2 Å². The average molecular weight is 454 g/mol. The second-order valence-electron chi connectivity index (χ2n) is 7.56. The van der Waals surface area contributed by atoms with Gasteiger partial charge in [-0.1, -0.05) is 59.6 Å². The number of aliphatic carboxylic acids is 1. The van der Waals surface area contributed by atoms with Crippen molar-refractivity contribution in [2.24, 2.45) is 0 Å². The molecule has 0 aliphatic carbocycles. The zero-order chi connectivity index (χ0) is 23.3. The first-order chi connectivity index (χ1) is 15.2. The highest BCUT2D eigenvalue weighted by Gasteiger charge is 2.19. The average Bonchev–Trinajstić information content (AvgIpc) is 2.74. The summed E-state index contributed by atoms with van der Waals surface area (Å²) in [5.74, 6) is -1.05. The summed E-state index contributed by atoms with van der Waals surface area (Å²) in [6, 6.07) is 14.8. The van der Waals surface area contributed by atoms with Crippen molar-refractivity contribution in [3.05, 3.63) is 98.4 Å². The highest BCUT2D eigenvalue weighted by Crippen LogP contribution is 2.19. The van der Waals surface area contributed by atoms with Gasteiger partial charge in [-0.05, 0) is 42.7 Å². The Labute approximate surface area is 190 Å². The molecule has 0 fully saturated rings. The number of carbonyl (C=O) groups excluding carboxylic acids is 1. The van der Waals surface area contributed by atoms with Crippen molar-refractivity contribution in [3.8, 4) is 0 Å². The smallest absolute Gasteiger partial charge is 0.319 e. The summed E-state index contributed by atoms with van der Waals surface area (Å²) in [5, 5.41) is 15.1. The monoisotopic (exact) mass is 453 g/mol. The Morgan fingerprint density at radius 1 is 1.06 bits per heavy atom. The molecule has 2 amide bonds. The van der Waals surface area contributed by atoms with Gasteiger partial charge in [-0.3, -0.25) is 9.59 Å². The predicted molar refractivity (Wildman–Crippen MR) is 124 cm³/mol. The minimum Gasteiger partial charge on any atom is -0.481 e. The van der Waals surface area contributed by atoms with Gasteiger partial charge < -0.3 is 20.3 Å². The van der Waals surface area contributed by atoms with Crippen LogP contribution < -0.4 is 16.2 Å². The minimum atomic E-state index is -1.05. The van der Waals surface area contributed by atoms with Crippen molar-refractivity contribution >= 4 is 29.3 Å². The van der Waals surface area contributed by atoms with E-state index in [0.717, 1.165) is 11.1 Å². The number of hydrogen-bond acceptors (Lipinski definition) is 3. The van der Waals surface area contributed by atoms with Gasteiger partial charge in [0.15, 0.2) is 0 Å². The second-order valence-corrected chi connectivity index (χ2v) is 7.97. The van der Waals surface area contributed by atoms with Crippen LogP contribution in [0.1, 0.15) is 34.7 Å². The van der Waals surface area contributed by atoms with E-state index in [1.54, 1.807) is 37.4 Å². The largest absolute Gasteiger partial charge is 0.481 e. The maximum Gasteiger partial charge on any atom is 0.319 e. The van der Waals surface area contributed by atoms with Crippen molar-refractivity contribution in [2.45, 2.75) is 32.9 Å². The molecular weight excluding hydrogens is 430 g/mol. The maximum absolute atomic E-state index is 13.0. The topological polar surface area (TPSA) is 100 Å². The van der Waals surface area contributed by atoms with Gasteiger partial charge in [-0.25, -0.2) is 4.79 Å². The van der Waals surface area contributed by atoms with Crippen LogP contribution in [0.2, 0.25) is 5.02 Å². The van der Waals surface area contributed by atoms with Crippen LogP contribution in [-0.2, 0) is 11.3 Å². The van der Waals surface area contributed by atoms with Crippen LogP contribution in [0, 0.1) is 13.8 Å². The molecule has 1 atom stereocenters. The number of nitrogens with one attached hydrogen (secondary N) is 2. The molecule has 2 aromatic carbocycles. The molecule has 0 saturated carbocycles. The Kier molecular flexibility index (Phi) is 7.33. The lowest BCUT2D eigenvalue weighted by atomic mass is 10.0. The number of amides is 2. The Bertz CT molecular complexity index is 1190. The quantitative estimate of drug-likeness (QED) is 0.490. The molecule has 166 valence electrons. The summed E-state index contributed by atoms with van der Waals surface area (Å²) in [4.78, 5) is 37.0. The highest BCUT2D eigenvalue weighted by atomic mass is 35.5. The molecule has 7 nitrogen and oxygen atoms in total. The summed E-state index contributed by atoms with van der Waals surface area (Å²) in [7, 11) is 0. The number of carboxylic acid groups (broad SMARTS) is 1. The molecular formula is C24H24ClN3O4. The lowest BCUT2D eigenvalue weighted by Crippen LogP contribution is -2.36. The van der Waals surface area contributed by atoms with Gasteiger partial charge in [-0.15, -0.1) is 0 Å². The van der Waals surface area contributed by atoms with Gasteiger partial charge in [-0.2, -0.15) is 0 Å². The fraction of sp³-hybridized carbons (Fsp3) is 0.208. The molecule has 0 bridgehead atoms. The molecule has 8 heteroatoms. The third kappa shape index (κ3) is 5.76. The Morgan fingerprint density at radius 3 is 2.41 bits per heavy atom. The fourth-order valence-corrected chi connectivity index (χ4v) is 3.48. The molecule has 1 heterocycles. The van der Waals surface area contributed by atoms with E-state index >= 15 is 0 Å². The lowest BCUT2D eigenvalue weighted by Gasteiger charge is -2.19. The SMILES string of the molecule is Cc1ccc(C(CC(=O)O)NC(=O)Nc2c(C)ccn(Cc3ccccc3Cl)c2=O)cc1. The molecule has 0 aliphatic heterocycles. The molecule has 3 rings (SSSR count). The molecule has 0 spiro atoms. The van der Waals surface area contributed by atoms with Gasteiger partial charge in [0.25, 0.3) is 5.56 Å². The van der Waals surface area contributed by atoms with E-state index in [1.165, 1.54) is 4.57 Å². The zero-order valence-electron chi connectivity index (χ0n) is 17.8. The Hall–Kier alpha value is -3.58. The normalized spacial score (nSPS) is 11.6. The van der Waals surface area contributed by atoms with Gasteiger partial charge in [0.05, 0.1) is 19.0 Å². The summed E-state index contributed by atoms with van der Waals surface area (Å²) in [5.41, 5.74) is 2.78. The van der Waals surface area contributed by atoms with E-state index in [0.29, 0.717) is 16.1 Å². The number of halogens is 1. The highest BCUT2D eigenvalue weighted by molar-refractivity contribution is 6.31. The lowest BCUT2D eigenvalue weighted by molar-refractivity contribution is -0.137. The Balaban J connectivity index is 1.81. The molecule has 32 heavy (non-hydrogen) atoms. The van der Waals surface area contributed by atoms with Gasteiger partial charge >= 0.3 is 12.0 Å². The second kappa shape index (κ2) is 10.2. The molecule has 3 N–H and O–H groups in total. The van der Waals surface area contributed by atoms with Crippen LogP contribution in [0.5, 0.6) is 0 Å². The van der Waals surface area contributed by atoms with E-state index < -0.39 is 18.0 Å². The summed E-state index contributed by atoms with van der Waals surface area (Å²) < 4.78 is 1.46. The van der Waals surface area contributed by atoms with Crippen molar-refractivity contribution in [3.63, 3.8) is 0 Å². The summed E-state index contributed by atoms with van der Waals surface area (Å²) in [6.45, 7) is 3.88. The predicted octanol–water partition coefficient (Wildman–Crippen LogP) is 4.50. The third-order valence-electron chi connectivity index (χ3n) is 5.07. The molecule has 1 aromatic heterocycles. The number of carboxylic acids is 1. The summed E-state index contributed by atoms with van der Waals surface area (Å²) >= 11 is 6.21. The number of anilines is 1. The van der Waals surface area contributed by atoms with Gasteiger partial charge in [0, 0.05) is 11.2 Å². The van der Waals surface area contributed by atoms with Crippen molar-refractivity contribution in [2.75, 3.05) is 5.32 Å². The van der Waals surface area contributed by atoms with Crippen LogP contribution in [0.15, 0.2) is 65.6 Å². The van der Waals surface area contributed by atoms with E-state index in [9.17, 15) is 19.5 Å². The number of aryl methyl sites for hydroxylation is 2.